The summed E-state index contributed by atoms with van der Waals surface area (Å²) in [7, 11) is 0. The van der Waals surface area contributed by atoms with Crippen molar-refractivity contribution in [3.63, 3.8) is 0 Å². The number of thiophene rings is 1. The lowest BCUT2D eigenvalue weighted by atomic mass is 9.95. The fourth-order valence-corrected chi connectivity index (χ4v) is 6.07. The molecule has 162 valence electrons. The Hall–Kier alpha value is -2.90. The minimum absolute atomic E-state index is 0.107. The molecule has 7 heteroatoms. The van der Waals surface area contributed by atoms with E-state index in [1.807, 2.05) is 17.4 Å². The summed E-state index contributed by atoms with van der Waals surface area (Å²) in [5.41, 5.74) is 3.38. The second kappa shape index (κ2) is 8.56. The molecule has 4 heterocycles. The van der Waals surface area contributed by atoms with Gasteiger partial charge in [-0.2, -0.15) is 0 Å². The van der Waals surface area contributed by atoms with Crippen molar-refractivity contribution < 1.29 is 4.74 Å². The molecule has 2 atom stereocenters. The average Bonchev–Trinajstić information content (AvgIpc) is 3.24. The molecule has 3 aromatic heterocycles. The van der Waals surface area contributed by atoms with Crippen LogP contribution in [0.2, 0.25) is 0 Å². The number of hydrogen-bond donors (Lipinski definition) is 1. The van der Waals surface area contributed by atoms with Crippen molar-refractivity contribution in [2.45, 2.75) is 50.7 Å². The first kappa shape index (κ1) is 19.8. The van der Waals surface area contributed by atoms with Crippen LogP contribution in [-0.2, 0) is 17.6 Å². The molecule has 2 unspecified atom stereocenters. The summed E-state index contributed by atoms with van der Waals surface area (Å²) in [6.45, 7) is 0.740. The molecule has 0 amide bonds. The highest BCUT2D eigenvalue weighted by Crippen LogP contribution is 2.40. The molecular formula is C25H25N5OS. The fraction of sp³-hybridized carbons (Fsp3) is 0.360. The van der Waals surface area contributed by atoms with E-state index in [0.717, 1.165) is 42.9 Å². The van der Waals surface area contributed by atoms with Crippen molar-refractivity contribution in [3.8, 4) is 11.5 Å². The Kier molecular flexibility index (Phi) is 5.29. The quantitative estimate of drug-likeness (QED) is 0.458. The molecule has 2 aliphatic rings. The number of aromatic nitrogens is 4. The SMILES string of the molecule is c1ccc(C2CC(Nc3nc(-c4cnccn4)nc4sc5c(c34)CCCC5)CCO2)cc1. The number of rotatable bonds is 4. The molecule has 1 N–H and O–H groups in total. The van der Waals surface area contributed by atoms with Crippen molar-refractivity contribution in [3.05, 3.63) is 64.9 Å². The monoisotopic (exact) mass is 443 g/mol. The third-order valence-corrected chi connectivity index (χ3v) is 7.59. The zero-order valence-electron chi connectivity index (χ0n) is 17.8. The van der Waals surface area contributed by atoms with E-state index >= 15 is 0 Å². The molecule has 0 bridgehead atoms. The standard InChI is InChI=1S/C25H25N5OS/c1-2-6-16(7-3-1)20-14-17(10-13-31-20)28-24-22-18-8-4-5-9-21(18)32-25(22)30-23(29-24)19-15-26-11-12-27-19/h1-3,6-7,11-12,15,17,20H,4-5,8-10,13-14H2,(H,28,29,30). The highest BCUT2D eigenvalue weighted by molar-refractivity contribution is 7.19. The number of fused-ring (bicyclic) bond motifs is 3. The number of nitrogens with zero attached hydrogens (tertiary/aromatic N) is 4. The lowest BCUT2D eigenvalue weighted by Gasteiger charge is -2.31. The second-order valence-corrected chi connectivity index (χ2v) is 9.60. The molecule has 0 saturated carbocycles. The average molecular weight is 444 g/mol. The Labute approximate surface area is 191 Å². The van der Waals surface area contributed by atoms with E-state index in [4.69, 9.17) is 14.7 Å². The van der Waals surface area contributed by atoms with Crippen LogP contribution in [0.15, 0.2) is 48.9 Å². The minimum Gasteiger partial charge on any atom is -0.373 e. The van der Waals surface area contributed by atoms with Crippen LogP contribution < -0.4 is 5.32 Å². The van der Waals surface area contributed by atoms with Crippen LogP contribution in [0.4, 0.5) is 5.82 Å². The van der Waals surface area contributed by atoms with Crippen LogP contribution in [0.3, 0.4) is 0 Å². The lowest BCUT2D eigenvalue weighted by Crippen LogP contribution is -2.30. The van der Waals surface area contributed by atoms with E-state index in [0.29, 0.717) is 17.6 Å². The number of ether oxygens (including phenoxy) is 1. The van der Waals surface area contributed by atoms with Gasteiger partial charge in [-0.25, -0.2) is 15.0 Å². The Bertz CT molecular complexity index is 1230. The van der Waals surface area contributed by atoms with Crippen LogP contribution in [0.5, 0.6) is 0 Å². The first-order chi connectivity index (χ1) is 15.8. The maximum Gasteiger partial charge on any atom is 0.183 e. The summed E-state index contributed by atoms with van der Waals surface area (Å²) in [6.07, 6.45) is 11.8. The zero-order chi connectivity index (χ0) is 21.3. The Morgan fingerprint density at radius 3 is 2.81 bits per heavy atom. The van der Waals surface area contributed by atoms with Crippen molar-refractivity contribution >= 4 is 27.4 Å². The number of aryl methyl sites for hydroxylation is 2. The van der Waals surface area contributed by atoms with Gasteiger partial charge in [-0.3, -0.25) is 4.98 Å². The van der Waals surface area contributed by atoms with Gasteiger partial charge in [0.1, 0.15) is 16.3 Å². The van der Waals surface area contributed by atoms with Crippen molar-refractivity contribution in [2.75, 3.05) is 11.9 Å². The van der Waals surface area contributed by atoms with Gasteiger partial charge in [0.15, 0.2) is 5.82 Å². The van der Waals surface area contributed by atoms with Gasteiger partial charge in [0, 0.05) is 29.9 Å². The summed E-state index contributed by atoms with van der Waals surface area (Å²) in [5.74, 6) is 1.58. The predicted octanol–water partition coefficient (Wildman–Crippen LogP) is 5.36. The highest BCUT2D eigenvalue weighted by Gasteiger charge is 2.27. The number of hydrogen-bond acceptors (Lipinski definition) is 7. The van der Waals surface area contributed by atoms with E-state index in [2.05, 4.69) is 39.6 Å². The summed E-state index contributed by atoms with van der Waals surface area (Å²) >= 11 is 1.82. The summed E-state index contributed by atoms with van der Waals surface area (Å²) in [4.78, 5) is 21.1. The summed E-state index contributed by atoms with van der Waals surface area (Å²) in [6, 6.07) is 10.8. The first-order valence-electron chi connectivity index (χ1n) is 11.4. The van der Waals surface area contributed by atoms with E-state index in [9.17, 15) is 0 Å². The Morgan fingerprint density at radius 1 is 1.03 bits per heavy atom. The predicted molar refractivity (Wildman–Crippen MR) is 127 cm³/mol. The molecule has 4 aromatic rings. The van der Waals surface area contributed by atoms with Gasteiger partial charge in [0.25, 0.3) is 0 Å². The highest BCUT2D eigenvalue weighted by atomic mass is 32.1. The topological polar surface area (TPSA) is 72.8 Å². The molecule has 32 heavy (non-hydrogen) atoms. The number of nitrogens with one attached hydrogen (secondary N) is 1. The van der Waals surface area contributed by atoms with Gasteiger partial charge in [0.2, 0.25) is 0 Å². The van der Waals surface area contributed by atoms with Crippen LogP contribution in [-0.4, -0.2) is 32.6 Å². The molecule has 1 aromatic carbocycles. The van der Waals surface area contributed by atoms with Gasteiger partial charge in [0.05, 0.1) is 17.7 Å². The maximum atomic E-state index is 6.10. The maximum absolute atomic E-state index is 6.10. The normalized spacial score (nSPS) is 20.8. The molecule has 6 rings (SSSR count). The van der Waals surface area contributed by atoms with Crippen LogP contribution in [0, 0.1) is 0 Å². The van der Waals surface area contributed by atoms with Crippen LogP contribution in [0.25, 0.3) is 21.7 Å². The summed E-state index contributed by atoms with van der Waals surface area (Å²) in [5, 5.41) is 5.01. The largest absolute Gasteiger partial charge is 0.373 e. The fourth-order valence-electron chi connectivity index (χ4n) is 4.81. The van der Waals surface area contributed by atoms with Crippen molar-refractivity contribution in [2.24, 2.45) is 0 Å². The number of benzene rings is 1. The third-order valence-electron chi connectivity index (χ3n) is 6.40. The molecular weight excluding hydrogens is 418 g/mol. The van der Waals surface area contributed by atoms with E-state index in [-0.39, 0.29) is 6.10 Å². The molecule has 1 aliphatic heterocycles. The van der Waals surface area contributed by atoms with Crippen molar-refractivity contribution in [1.29, 1.82) is 0 Å². The zero-order valence-corrected chi connectivity index (χ0v) is 18.6. The first-order valence-corrected chi connectivity index (χ1v) is 12.2. The van der Waals surface area contributed by atoms with Gasteiger partial charge < -0.3 is 10.1 Å². The van der Waals surface area contributed by atoms with Gasteiger partial charge >= 0.3 is 0 Å². The Balaban J connectivity index is 1.38. The van der Waals surface area contributed by atoms with Gasteiger partial charge in [-0.15, -0.1) is 11.3 Å². The van der Waals surface area contributed by atoms with Crippen LogP contribution in [0.1, 0.15) is 47.8 Å². The number of anilines is 1. The van der Waals surface area contributed by atoms with Crippen LogP contribution >= 0.6 is 11.3 Å². The van der Waals surface area contributed by atoms with Gasteiger partial charge in [-0.05, 0) is 49.7 Å². The second-order valence-electron chi connectivity index (χ2n) is 8.51. The molecule has 1 aliphatic carbocycles. The van der Waals surface area contributed by atoms with Crippen molar-refractivity contribution in [1.82, 2.24) is 19.9 Å². The van der Waals surface area contributed by atoms with E-state index in [1.165, 1.54) is 34.2 Å². The molecule has 1 fully saturated rings. The third kappa shape index (κ3) is 3.76. The molecule has 0 radical (unpaired) electrons. The smallest absolute Gasteiger partial charge is 0.183 e. The minimum atomic E-state index is 0.107. The molecule has 0 spiro atoms. The molecule has 6 nitrogen and oxygen atoms in total. The molecule has 1 saturated heterocycles. The van der Waals surface area contributed by atoms with Gasteiger partial charge in [-0.1, -0.05) is 30.3 Å². The Morgan fingerprint density at radius 2 is 1.94 bits per heavy atom. The van der Waals surface area contributed by atoms with E-state index < -0.39 is 0 Å². The summed E-state index contributed by atoms with van der Waals surface area (Å²) < 4.78 is 6.10. The van der Waals surface area contributed by atoms with E-state index in [1.54, 1.807) is 18.6 Å². The lowest BCUT2D eigenvalue weighted by molar-refractivity contribution is 0.00976.